The molecule has 0 spiro atoms. The van der Waals surface area contributed by atoms with E-state index in [4.69, 9.17) is 11.6 Å². The molecule has 1 heterocycles. The summed E-state index contributed by atoms with van der Waals surface area (Å²) in [5.41, 5.74) is 0.915. The van der Waals surface area contributed by atoms with Gasteiger partial charge in [-0.3, -0.25) is 0 Å². The van der Waals surface area contributed by atoms with Crippen LogP contribution in [0.5, 0.6) is 0 Å². The number of methoxy groups -OCH3 is 1. The first-order valence-corrected chi connectivity index (χ1v) is 5.78. The van der Waals surface area contributed by atoms with E-state index in [1.165, 1.54) is 19.2 Å². The number of halogens is 2. The molecule has 17 heavy (non-hydrogen) atoms. The van der Waals surface area contributed by atoms with Gasteiger partial charge < -0.3 is 4.74 Å². The number of hydrogen-bond donors (Lipinski definition) is 0. The molecule has 0 amide bonds. The fourth-order valence-electron chi connectivity index (χ4n) is 1.31. The monoisotopic (exact) mass is 271 g/mol. The van der Waals surface area contributed by atoms with E-state index in [0.29, 0.717) is 11.3 Å². The van der Waals surface area contributed by atoms with Crippen LogP contribution < -0.4 is 0 Å². The standard InChI is InChI=1S/C11H7ClFNO2S/c1-16-11(15)10-8(12)9(14-17-10)6-3-2-4-7(13)5-6/h2-5H,1H3. The number of benzene rings is 1. The fourth-order valence-corrected chi connectivity index (χ4v) is 2.41. The van der Waals surface area contributed by atoms with E-state index in [0.717, 1.165) is 11.5 Å². The second-order valence-electron chi connectivity index (χ2n) is 3.18. The molecular formula is C11H7ClFNO2S. The number of ether oxygens (including phenoxy) is 1. The normalized spacial score (nSPS) is 10.3. The van der Waals surface area contributed by atoms with Crippen LogP contribution in [0.2, 0.25) is 5.02 Å². The molecule has 0 saturated carbocycles. The molecule has 0 atom stereocenters. The number of nitrogens with zero attached hydrogens (tertiary/aromatic N) is 1. The molecule has 0 bridgehead atoms. The van der Waals surface area contributed by atoms with Crippen molar-refractivity contribution in [1.82, 2.24) is 4.37 Å². The highest BCUT2D eigenvalue weighted by Crippen LogP contribution is 2.33. The van der Waals surface area contributed by atoms with Crippen LogP contribution in [0.3, 0.4) is 0 Å². The summed E-state index contributed by atoms with van der Waals surface area (Å²) < 4.78 is 21.7. The largest absolute Gasteiger partial charge is 0.465 e. The maximum absolute atomic E-state index is 13.1. The molecule has 0 radical (unpaired) electrons. The summed E-state index contributed by atoms with van der Waals surface area (Å²) in [7, 11) is 1.26. The topological polar surface area (TPSA) is 39.2 Å². The smallest absolute Gasteiger partial charge is 0.351 e. The van der Waals surface area contributed by atoms with Crippen molar-refractivity contribution in [2.75, 3.05) is 7.11 Å². The molecule has 1 aromatic carbocycles. The molecule has 2 rings (SSSR count). The van der Waals surface area contributed by atoms with Crippen LogP contribution in [0, 0.1) is 5.82 Å². The molecule has 0 aliphatic heterocycles. The van der Waals surface area contributed by atoms with Gasteiger partial charge in [0.1, 0.15) is 11.5 Å². The molecule has 0 fully saturated rings. The van der Waals surface area contributed by atoms with E-state index < -0.39 is 5.97 Å². The lowest BCUT2D eigenvalue weighted by molar-refractivity contribution is 0.0606. The maximum Gasteiger partial charge on any atom is 0.351 e. The minimum Gasteiger partial charge on any atom is -0.465 e. The van der Waals surface area contributed by atoms with Crippen molar-refractivity contribution in [3.63, 3.8) is 0 Å². The van der Waals surface area contributed by atoms with Gasteiger partial charge >= 0.3 is 5.97 Å². The van der Waals surface area contributed by atoms with E-state index in [1.54, 1.807) is 12.1 Å². The molecule has 6 heteroatoms. The summed E-state index contributed by atoms with van der Waals surface area (Å²) in [6.45, 7) is 0. The average molecular weight is 272 g/mol. The van der Waals surface area contributed by atoms with Crippen LogP contribution in [0.25, 0.3) is 11.3 Å². The second-order valence-corrected chi connectivity index (χ2v) is 4.33. The first-order chi connectivity index (χ1) is 8.13. The lowest BCUT2D eigenvalue weighted by Gasteiger charge is -1.98. The van der Waals surface area contributed by atoms with Gasteiger partial charge in [-0.25, -0.2) is 9.18 Å². The van der Waals surface area contributed by atoms with E-state index in [-0.39, 0.29) is 15.7 Å². The summed E-state index contributed by atoms with van der Waals surface area (Å²) in [6.07, 6.45) is 0. The quantitative estimate of drug-likeness (QED) is 0.786. The summed E-state index contributed by atoms with van der Waals surface area (Å²) in [6, 6.07) is 5.86. The highest BCUT2D eigenvalue weighted by molar-refractivity contribution is 7.09. The van der Waals surface area contributed by atoms with Gasteiger partial charge in [0.25, 0.3) is 0 Å². The third kappa shape index (κ3) is 2.30. The molecule has 0 saturated heterocycles. The van der Waals surface area contributed by atoms with Crippen LogP contribution >= 0.6 is 23.1 Å². The van der Waals surface area contributed by atoms with Crippen molar-refractivity contribution in [3.8, 4) is 11.3 Å². The first kappa shape index (κ1) is 12.0. The van der Waals surface area contributed by atoms with Crippen molar-refractivity contribution >= 4 is 29.1 Å². The van der Waals surface area contributed by atoms with Crippen molar-refractivity contribution in [2.45, 2.75) is 0 Å². The minimum atomic E-state index is -0.546. The highest BCUT2D eigenvalue weighted by Gasteiger charge is 2.19. The molecule has 0 N–H and O–H groups in total. The minimum absolute atomic E-state index is 0.187. The Kier molecular flexibility index (Phi) is 3.40. The second kappa shape index (κ2) is 4.81. The van der Waals surface area contributed by atoms with Gasteiger partial charge in [0.2, 0.25) is 0 Å². The van der Waals surface area contributed by atoms with Gasteiger partial charge in [0, 0.05) is 5.56 Å². The Morgan fingerprint density at radius 3 is 2.94 bits per heavy atom. The van der Waals surface area contributed by atoms with Crippen molar-refractivity contribution < 1.29 is 13.9 Å². The molecule has 2 aromatic rings. The summed E-state index contributed by atoms with van der Waals surface area (Å²) in [5, 5.41) is 0.187. The van der Waals surface area contributed by atoms with Crippen LogP contribution in [0.15, 0.2) is 24.3 Å². The van der Waals surface area contributed by atoms with Crippen LogP contribution in [-0.2, 0) is 4.74 Å². The SMILES string of the molecule is COC(=O)c1snc(-c2cccc(F)c2)c1Cl. The van der Waals surface area contributed by atoms with Gasteiger partial charge in [-0.15, -0.1) is 0 Å². The Labute approximate surface area is 106 Å². The Balaban J connectivity index is 2.48. The first-order valence-electron chi connectivity index (χ1n) is 4.63. The van der Waals surface area contributed by atoms with Gasteiger partial charge in [0.15, 0.2) is 4.88 Å². The number of carbonyl (C=O) groups excluding carboxylic acids is 1. The third-order valence-electron chi connectivity index (χ3n) is 2.10. The van der Waals surface area contributed by atoms with Crippen molar-refractivity contribution in [2.24, 2.45) is 0 Å². The number of carbonyl (C=O) groups is 1. The Bertz CT molecular complexity index is 570. The zero-order chi connectivity index (χ0) is 12.4. The number of rotatable bonds is 2. The molecule has 0 aliphatic rings. The molecule has 0 unspecified atom stereocenters. The van der Waals surface area contributed by atoms with Crippen LogP contribution in [0.4, 0.5) is 4.39 Å². The molecule has 3 nitrogen and oxygen atoms in total. The summed E-state index contributed by atoms with van der Waals surface area (Å²) >= 11 is 6.94. The lowest BCUT2D eigenvalue weighted by Crippen LogP contribution is -1.98. The zero-order valence-corrected chi connectivity index (χ0v) is 10.3. The molecule has 88 valence electrons. The van der Waals surface area contributed by atoms with Gasteiger partial charge in [0.05, 0.1) is 12.1 Å². The lowest BCUT2D eigenvalue weighted by atomic mass is 10.1. The number of aromatic nitrogens is 1. The Hall–Kier alpha value is -1.46. The van der Waals surface area contributed by atoms with E-state index >= 15 is 0 Å². The van der Waals surface area contributed by atoms with Gasteiger partial charge in [-0.2, -0.15) is 4.37 Å². The molecule has 1 aromatic heterocycles. The van der Waals surface area contributed by atoms with E-state index in [2.05, 4.69) is 9.11 Å². The van der Waals surface area contributed by atoms with Gasteiger partial charge in [-0.05, 0) is 23.7 Å². The number of esters is 1. The van der Waals surface area contributed by atoms with E-state index in [9.17, 15) is 9.18 Å². The van der Waals surface area contributed by atoms with E-state index in [1.807, 2.05) is 0 Å². The molecular weight excluding hydrogens is 265 g/mol. The maximum atomic E-state index is 13.1. The van der Waals surface area contributed by atoms with Gasteiger partial charge in [-0.1, -0.05) is 23.7 Å². The van der Waals surface area contributed by atoms with Crippen molar-refractivity contribution in [1.29, 1.82) is 0 Å². The Morgan fingerprint density at radius 2 is 2.29 bits per heavy atom. The third-order valence-corrected chi connectivity index (χ3v) is 3.41. The zero-order valence-electron chi connectivity index (χ0n) is 8.74. The summed E-state index contributed by atoms with van der Waals surface area (Å²) in [5.74, 6) is -0.929. The number of hydrogen-bond acceptors (Lipinski definition) is 4. The fraction of sp³-hybridized carbons (Fsp3) is 0.0909. The van der Waals surface area contributed by atoms with Crippen LogP contribution in [-0.4, -0.2) is 17.5 Å². The van der Waals surface area contributed by atoms with Crippen molar-refractivity contribution in [3.05, 3.63) is 40.0 Å². The predicted octanol–water partition coefficient (Wildman–Crippen LogP) is 3.39. The predicted molar refractivity (Wildman–Crippen MR) is 63.9 cm³/mol. The van der Waals surface area contributed by atoms with Crippen LogP contribution in [0.1, 0.15) is 9.67 Å². The molecule has 0 aliphatic carbocycles. The Morgan fingerprint density at radius 1 is 1.53 bits per heavy atom. The average Bonchev–Trinajstić information content (AvgIpc) is 2.70. The summed E-state index contributed by atoms with van der Waals surface area (Å²) in [4.78, 5) is 11.6. The highest BCUT2D eigenvalue weighted by atomic mass is 35.5.